The third kappa shape index (κ3) is 3.50. The Labute approximate surface area is 114 Å². The first-order valence-corrected chi connectivity index (χ1v) is 8.27. The van der Waals surface area contributed by atoms with E-state index in [2.05, 4.69) is 13.8 Å². The fraction of sp³-hybridized carbons (Fsp3) is 1.00. The molecule has 0 heterocycles. The zero-order valence-electron chi connectivity index (χ0n) is 12.7. The highest BCUT2D eigenvalue weighted by Gasteiger charge is 2.31. The molecule has 18 heavy (non-hydrogen) atoms. The molecule has 0 radical (unpaired) electrons. The summed E-state index contributed by atoms with van der Waals surface area (Å²) in [6.45, 7) is 4.80. The normalized spacial score (nSPS) is 39.5. The molecule has 2 saturated carbocycles. The highest BCUT2D eigenvalue weighted by atomic mass is 16.5. The lowest BCUT2D eigenvalue weighted by molar-refractivity contribution is 0.0375. The Bertz CT molecular complexity index is 222. The van der Waals surface area contributed by atoms with Gasteiger partial charge in [0.2, 0.25) is 0 Å². The molecule has 0 aromatic rings. The molecule has 0 spiro atoms. The molecule has 1 unspecified atom stereocenters. The van der Waals surface area contributed by atoms with Gasteiger partial charge in [0.1, 0.15) is 0 Å². The molecule has 0 bridgehead atoms. The highest BCUT2D eigenvalue weighted by Crippen LogP contribution is 2.42. The number of ether oxygens (including phenoxy) is 1. The lowest BCUT2D eigenvalue weighted by Crippen LogP contribution is -2.29. The minimum Gasteiger partial charge on any atom is -0.381 e. The van der Waals surface area contributed by atoms with E-state index in [0.29, 0.717) is 6.10 Å². The van der Waals surface area contributed by atoms with Gasteiger partial charge in [0.25, 0.3) is 0 Å². The topological polar surface area (TPSA) is 9.23 Å². The second-order valence-corrected chi connectivity index (χ2v) is 6.83. The van der Waals surface area contributed by atoms with E-state index in [1.54, 1.807) is 0 Å². The van der Waals surface area contributed by atoms with Gasteiger partial charge in [-0.3, -0.25) is 0 Å². The molecule has 1 nitrogen and oxygen atoms in total. The summed E-state index contributed by atoms with van der Waals surface area (Å²) in [5.41, 5.74) is 0. The van der Waals surface area contributed by atoms with Crippen LogP contribution >= 0.6 is 0 Å². The Hall–Kier alpha value is -0.0400. The number of methoxy groups -OCH3 is 1. The van der Waals surface area contributed by atoms with Gasteiger partial charge in [-0.05, 0) is 75.0 Å². The van der Waals surface area contributed by atoms with Crippen molar-refractivity contribution in [3.63, 3.8) is 0 Å². The van der Waals surface area contributed by atoms with Crippen LogP contribution in [0, 0.1) is 23.7 Å². The summed E-state index contributed by atoms with van der Waals surface area (Å²) in [6.07, 6.45) is 13.4. The third-order valence-electron chi connectivity index (χ3n) is 5.98. The van der Waals surface area contributed by atoms with Crippen molar-refractivity contribution in [2.24, 2.45) is 23.7 Å². The molecule has 0 N–H and O–H groups in total. The van der Waals surface area contributed by atoms with Crippen LogP contribution in [0.15, 0.2) is 0 Å². The van der Waals surface area contributed by atoms with E-state index in [9.17, 15) is 0 Å². The van der Waals surface area contributed by atoms with Crippen LogP contribution in [0.1, 0.15) is 71.6 Å². The summed E-state index contributed by atoms with van der Waals surface area (Å²) in [6, 6.07) is 0. The summed E-state index contributed by atoms with van der Waals surface area (Å²) >= 11 is 0. The Morgan fingerprint density at radius 3 is 1.83 bits per heavy atom. The largest absolute Gasteiger partial charge is 0.381 e. The Morgan fingerprint density at radius 2 is 1.39 bits per heavy atom. The molecule has 106 valence electrons. The second kappa shape index (κ2) is 6.93. The molecule has 2 rings (SSSR count). The number of rotatable bonds is 4. The van der Waals surface area contributed by atoms with Crippen molar-refractivity contribution in [3.8, 4) is 0 Å². The summed E-state index contributed by atoms with van der Waals surface area (Å²) < 4.78 is 5.49. The van der Waals surface area contributed by atoms with Crippen molar-refractivity contribution in [1.82, 2.24) is 0 Å². The zero-order valence-corrected chi connectivity index (χ0v) is 12.7. The quantitative estimate of drug-likeness (QED) is 0.680. The van der Waals surface area contributed by atoms with Gasteiger partial charge in [-0.1, -0.05) is 20.3 Å². The first kappa shape index (κ1) is 14.4. The third-order valence-corrected chi connectivity index (χ3v) is 5.98. The SMILES string of the molecule is CCC(C)C1CCC(C2CCC(OC)CC2)CC1. The summed E-state index contributed by atoms with van der Waals surface area (Å²) in [4.78, 5) is 0. The molecule has 0 amide bonds. The Kier molecular flexibility index (Phi) is 5.54. The molecular weight excluding hydrogens is 220 g/mol. The molecule has 0 aliphatic heterocycles. The van der Waals surface area contributed by atoms with Crippen molar-refractivity contribution in [3.05, 3.63) is 0 Å². The van der Waals surface area contributed by atoms with Crippen molar-refractivity contribution in [2.75, 3.05) is 7.11 Å². The van der Waals surface area contributed by atoms with Gasteiger partial charge in [-0.25, -0.2) is 0 Å². The minimum absolute atomic E-state index is 0.567. The van der Waals surface area contributed by atoms with Crippen molar-refractivity contribution >= 4 is 0 Å². The van der Waals surface area contributed by atoms with E-state index in [0.717, 1.165) is 23.7 Å². The van der Waals surface area contributed by atoms with Crippen molar-refractivity contribution in [1.29, 1.82) is 0 Å². The van der Waals surface area contributed by atoms with Gasteiger partial charge in [0, 0.05) is 7.11 Å². The van der Waals surface area contributed by atoms with Gasteiger partial charge in [-0.2, -0.15) is 0 Å². The van der Waals surface area contributed by atoms with Crippen LogP contribution in [-0.4, -0.2) is 13.2 Å². The van der Waals surface area contributed by atoms with E-state index in [1.807, 2.05) is 7.11 Å². The lowest BCUT2D eigenvalue weighted by atomic mass is 9.68. The highest BCUT2D eigenvalue weighted by molar-refractivity contribution is 4.83. The molecule has 0 aromatic carbocycles. The molecule has 2 aliphatic rings. The number of hydrogen-bond acceptors (Lipinski definition) is 1. The van der Waals surface area contributed by atoms with E-state index in [-0.39, 0.29) is 0 Å². The van der Waals surface area contributed by atoms with Gasteiger partial charge >= 0.3 is 0 Å². The predicted molar refractivity (Wildman–Crippen MR) is 77.7 cm³/mol. The van der Waals surface area contributed by atoms with Crippen LogP contribution in [0.3, 0.4) is 0 Å². The second-order valence-electron chi connectivity index (χ2n) is 6.83. The van der Waals surface area contributed by atoms with Crippen LogP contribution in [0.2, 0.25) is 0 Å². The standard InChI is InChI=1S/C17H32O/c1-4-13(2)14-5-7-15(8-6-14)16-9-11-17(18-3)12-10-16/h13-17H,4-12H2,1-3H3. The summed E-state index contributed by atoms with van der Waals surface area (Å²) in [7, 11) is 1.88. The fourth-order valence-corrected chi connectivity index (χ4v) is 4.31. The molecular formula is C17H32O. The number of hydrogen-bond donors (Lipinski definition) is 0. The van der Waals surface area contributed by atoms with Crippen molar-refractivity contribution in [2.45, 2.75) is 77.7 Å². The predicted octanol–water partition coefficient (Wildman–Crippen LogP) is 5.04. The smallest absolute Gasteiger partial charge is 0.0571 e. The van der Waals surface area contributed by atoms with E-state index >= 15 is 0 Å². The molecule has 1 atom stereocenters. The van der Waals surface area contributed by atoms with Crippen LogP contribution in [-0.2, 0) is 4.74 Å². The maximum Gasteiger partial charge on any atom is 0.0571 e. The Balaban J connectivity index is 1.73. The van der Waals surface area contributed by atoms with Crippen LogP contribution in [0.4, 0.5) is 0 Å². The maximum absolute atomic E-state index is 5.49. The van der Waals surface area contributed by atoms with Gasteiger partial charge in [0.15, 0.2) is 0 Å². The van der Waals surface area contributed by atoms with Gasteiger partial charge in [-0.15, -0.1) is 0 Å². The maximum atomic E-state index is 5.49. The Morgan fingerprint density at radius 1 is 0.889 bits per heavy atom. The van der Waals surface area contributed by atoms with Gasteiger partial charge < -0.3 is 4.74 Å². The molecule has 0 aromatic heterocycles. The molecule has 2 fully saturated rings. The van der Waals surface area contributed by atoms with Crippen LogP contribution in [0.5, 0.6) is 0 Å². The van der Waals surface area contributed by atoms with E-state index in [1.165, 1.54) is 57.8 Å². The average molecular weight is 252 g/mol. The first-order chi connectivity index (χ1) is 8.74. The van der Waals surface area contributed by atoms with E-state index in [4.69, 9.17) is 4.74 Å². The molecule has 2 aliphatic carbocycles. The monoisotopic (exact) mass is 252 g/mol. The fourth-order valence-electron chi connectivity index (χ4n) is 4.31. The lowest BCUT2D eigenvalue weighted by Gasteiger charge is -2.38. The minimum atomic E-state index is 0.567. The molecule has 0 saturated heterocycles. The van der Waals surface area contributed by atoms with Crippen molar-refractivity contribution < 1.29 is 4.74 Å². The van der Waals surface area contributed by atoms with Crippen LogP contribution < -0.4 is 0 Å². The first-order valence-electron chi connectivity index (χ1n) is 8.27. The summed E-state index contributed by atoms with van der Waals surface area (Å²) in [5.74, 6) is 4.05. The zero-order chi connectivity index (χ0) is 13.0. The average Bonchev–Trinajstić information content (AvgIpc) is 2.47. The van der Waals surface area contributed by atoms with Gasteiger partial charge in [0.05, 0.1) is 6.10 Å². The summed E-state index contributed by atoms with van der Waals surface area (Å²) in [5, 5.41) is 0. The molecule has 1 heteroatoms. The van der Waals surface area contributed by atoms with Crippen LogP contribution in [0.25, 0.3) is 0 Å². The van der Waals surface area contributed by atoms with E-state index < -0.39 is 0 Å².